The van der Waals surface area contributed by atoms with E-state index in [1.165, 1.54) is 41.5 Å². The highest BCUT2D eigenvalue weighted by molar-refractivity contribution is 7.18. The fraction of sp³-hybridized carbons (Fsp3) is 0.600. The van der Waals surface area contributed by atoms with Crippen molar-refractivity contribution in [2.24, 2.45) is 11.7 Å². The quantitative estimate of drug-likeness (QED) is 0.907. The van der Waals surface area contributed by atoms with Crippen molar-refractivity contribution in [2.75, 3.05) is 11.9 Å². The summed E-state index contributed by atoms with van der Waals surface area (Å²) in [7, 11) is 0. The third kappa shape index (κ3) is 2.40. The average Bonchev–Trinajstić information content (AvgIpc) is 3.06. The minimum Gasteiger partial charge on any atom is -0.365 e. The normalized spacial score (nSPS) is 17.8. The lowest BCUT2D eigenvalue weighted by Gasteiger charge is -2.24. The predicted octanol–water partition coefficient (Wildman–Crippen LogP) is 3.24. The summed E-state index contributed by atoms with van der Waals surface area (Å²) in [6.07, 6.45) is 6.88. The van der Waals surface area contributed by atoms with Crippen LogP contribution in [-0.2, 0) is 0 Å². The van der Waals surface area contributed by atoms with Gasteiger partial charge in [-0.25, -0.2) is 9.97 Å². The molecule has 0 amide bonds. The molecule has 108 valence electrons. The van der Waals surface area contributed by atoms with Gasteiger partial charge in [-0.15, -0.1) is 11.3 Å². The van der Waals surface area contributed by atoms with E-state index in [0.717, 1.165) is 10.6 Å². The van der Waals surface area contributed by atoms with Gasteiger partial charge in [-0.1, -0.05) is 12.8 Å². The number of aromatic nitrogens is 2. The summed E-state index contributed by atoms with van der Waals surface area (Å²) in [6.45, 7) is 4.96. The third-order valence-corrected chi connectivity index (χ3v) is 5.63. The highest BCUT2D eigenvalue weighted by Crippen LogP contribution is 2.34. The summed E-state index contributed by atoms with van der Waals surface area (Å²) in [4.78, 5) is 11.2. The molecule has 3 rings (SSSR count). The first-order valence-corrected chi connectivity index (χ1v) is 8.19. The fourth-order valence-electron chi connectivity index (χ4n) is 3.20. The summed E-state index contributed by atoms with van der Waals surface area (Å²) >= 11 is 1.74. The zero-order valence-electron chi connectivity index (χ0n) is 12.1. The van der Waals surface area contributed by atoms with Crippen LogP contribution in [0.3, 0.4) is 0 Å². The lowest BCUT2D eigenvalue weighted by Crippen LogP contribution is -2.35. The Balaban J connectivity index is 1.93. The van der Waals surface area contributed by atoms with Crippen molar-refractivity contribution in [1.82, 2.24) is 9.97 Å². The third-order valence-electron chi connectivity index (χ3n) is 4.51. The highest BCUT2D eigenvalue weighted by Gasteiger charge is 2.25. The van der Waals surface area contributed by atoms with Crippen LogP contribution >= 0.6 is 11.3 Å². The molecule has 0 aliphatic heterocycles. The predicted molar refractivity (Wildman–Crippen MR) is 85.3 cm³/mol. The molecule has 3 N–H and O–H groups in total. The Kier molecular flexibility index (Phi) is 3.89. The molecule has 1 fully saturated rings. The minimum atomic E-state index is 0.329. The number of fused-ring (bicyclic) bond motifs is 1. The maximum Gasteiger partial charge on any atom is 0.138 e. The molecule has 0 spiro atoms. The van der Waals surface area contributed by atoms with E-state index in [4.69, 9.17) is 5.73 Å². The molecule has 1 saturated carbocycles. The molecule has 1 aliphatic carbocycles. The highest BCUT2D eigenvalue weighted by atomic mass is 32.1. The second kappa shape index (κ2) is 5.66. The van der Waals surface area contributed by atoms with E-state index < -0.39 is 0 Å². The van der Waals surface area contributed by atoms with Gasteiger partial charge in [0.05, 0.1) is 5.39 Å². The number of anilines is 1. The van der Waals surface area contributed by atoms with Gasteiger partial charge in [-0.05, 0) is 38.2 Å². The maximum absolute atomic E-state index is 5.98. The van der Waals surface area contributed by atoms with Crippen LogP contribution in [0.15, 0.2) is 6.33 Å². The summed E-state index contributed by atoms with van der Waals surface area (Å²) in [6, 6.07) is 0.329. The van der Waals surface area contributed by atoms with E-state index in [-0.39, 0.29) is 0 Å². The average molecular weight is 290 g/mol. The molecule has 1 atom stereocenters. The number of nitrogens with one attached hydrogen (secondary N) is 1. The smallest absolute Gasteiger partial charge is 0.138 e. The Morgan fingerprint density at radius 3 is 2.80 bits per heavy atom. The van der Waals surface area contributed by atoms with Gasteiger partial charge in [0, 0.05) is 17.5 Å². The van der Waals surface area contributed by atoms with Gasteiger partial charge in [-0.2, -0.15) is 0 Å². The van der Waals surface area contributed by atoms with Crippen LogP contribution in [0.5, 0.6) is 0 Å². The second-order valence-corrected chi connectivity index (χ2v) is 6.92. The number of nitrogens with two attached hydrogens (primary N) is 1. The maximum atomic E-state index is 5.98. The van der Waals surface area contributed by atoms with Crippen LogP contribution in [0.4, 0.5) is 5.82 Å². The van der Waals surface area contributed by atoms with Gasteiger partial charge >= 0.3 is 0 Å². The van der Waals surface area contributed by atoms with Gasteiger partial charge in [0.15, 0.2) is 0 Å². The molecule has 0 radical (unpaired) electrons. The summed E-state index contributed by atoms with van der Waals surface area (Å²) in [5, 5.41) is 4.77. The first-order valence-electron chi connectivity index (χ1n) is 7.38. The number of hydrogen-bond donors (Lipinski definition) is 2. The molecule has 4 nitrogen and oxygen atoms in total. The van der Waals surface area contributed by atoms with Crippen LogP contribution < -0.4 is 11.1 Å². The lowest BCUT2D eigenvalue weighted by atomic mass is 9.98. The van der Waals surface area contributed by atoms with E-state index in [0.29, 0.717) is 18.5 Å². The van der Waals surface area contributed by atoms with Crippen molar-refractivity contribution < 1.29 is 0 Å². The molecule has 0 saturated heterocycles. The molecule has 1 aliphatic rings. The van der Waals surface area contributed by atoms with Crippen LogP contribution in [-0.4, -0.2) is 22.6 Å². The Hall–Kier alpha value is -1.20. The summed E-state index contributed by atoms with van der Waals surface area (Å²) < 4.78 is 0. The summed E-state index contributed by atoms with van der Waals surface area (Å²) in [5.74, 6) is 1.64. The van der Waals surface area contributed by atoms with Crippen molar-refractivity contribution >= 4 is 27.4 Å². The molecule has 0 bridgehead atoms. The molecular formula is C15H22N4S. The number of aryl methyl sites for hydroxylation is 2. The number of thiophene rings is 1. The zero-order valence-corrected chi connectivity index (χ0v) is 13.0. The van der Waals surface area contributed by atoms with Crippen molar-refractivity contribution in [1.29, 1.82) is 0 Å². The molecule has 2 heterocycles. The molecule has 2 aromatic rings. The lowest BCUT2D eigenvalue weighted by molar-refractivity contribution is 0.461. The van der Waals surface area contributed by atoms with E-state index in [1.54, 1.807) is 17.7 Å². The van der Waals surface area contributed by atoms with Crippen LogP contribution in [0.1, 0.15) is 36.1 Å². The largest absolute Gasteiger partial charge is 0.365 e. The molecule has 1 unspecified atom stereocenters. The first kappa shape index (κ1) is 13.8. The number of rotatable bonds is 4. The van der Waals surface area contributed by atoms with E-state index >= 15 is 0 Å². The SMILES string of the molecule is Cc1sc2ncnc(NC(CN)C3CCCC3)c2c1C. The van der Waals surface area contributed by atoms with Crippen molar-refractivity contribution in [3.63, 3.8) is 0 Å². The van der Waals surface area contributed by atoms with Gasteiger partial charge in [0.2, 0.25) is 0 Å². The van der Waals surface area contributed by atoms with Gasteiger partial charge in [-0.3, -0.25) is 0 Å². The Labute approximate surface area is 123 Å². The summed E-state index contributed by atoms with van der Waals surface area (Å²) in [5.41, 5.74) is 7.27. The standard InChI is InChI=1S/C15H22N4S/c1-9-10(2)20-15-13(9)14(17-8-18-15)19-12(7-16)11-5-3-4-6-11/h8,11-12H,3-7,16H2,1-2H3,(H,17,18,19). The molecular weight excluding hydrogens is 268 g/mol. The van der Waals surface area contributed by atoms with E-state index in [9.17, 15) is 0 Å². The molecule has 2 aromatic heterocycles. The fourth-order valence-corrected chi connectivity index (χ4v) is 4.19. The van der Waals surface area contributed by atoms with E-state index in [2.05, 4.69) is 29.1 Å². The first-order chi connectivity index (χ1) is 9.70. The minimum absolute atomic E-state index is 0.329. The molecule has 0 aromatic carbocycles. The molecule has 20 heavy (non-hydrogen) atoms. The monoisotopic (exact) mass is 290 g/mol. The van der Waals surface area contributed by atoms with E-state index in [1.807, 2.05) is 0 Å². The Bertz CT molecular complexity index is 601. The Morgan fingerprint density at radius 2 is 2.10 bits per heavy atom. The van der Waals surface area contributed by atoms with Gasteiger partial charge in [0.1, 0.15) is 17.0 Å². The van der Waals surface area contributed by atoms with Crippen molar-refractivity contribution in [2.45, 2.75) is 45.6 Å². The van der Waals surface area contributed by atoms with Gasteiger partial charge < -0.3 is 11.1 Å². The topological polar surface area (TPSA) is 63.8 Å². The second-order valence-electron chi connectivity index (χ2n) is 5.72. The van der Waals surface area contributed by atoms with Crippen LogP contribution in [0, 0.1) is 19.8 Å². The van der Waals surface area contributed by atoms with Crippen molar-refractivity contribution in [3.8, 4) is 0 Å². The van der Waals surface area contributed by atoms with Gasteiger partial charge in [0.25, 0.3) is 0 Å². The zero-order chi connectivity index (χ0) is 14.1. The molecule has 5 heteroatoms. The van der Waals surface area contributed by atoms with Crippen molar-refractivity contribution in [3.05, 3.63) is 16.8 Å². The van der Waals surface area contributed by atoms with Crippen LogP contribution in [0.25, 0.3) is 10.2 Å². The Morgan fingerprint density at radius 1 is 1.35 bits per heavy atom. The van der Waals surface area contributed by atoms with Crippen LogP contribution in [0.2, 0.25) is 0 Å². The number of nitrogens with zero attached hydrogens (tertiary/aromatic N) is 2. The number of hydrogen-bond acceptors (Lipinski definition) is 5.